The van der Waals surface area contributed by atoms with Crippen LogP contribution >= 0.6 is 11.3 Å². The molecule has 0 bridgehead atoms. The molecule has 0 aromatic carbocycles. The van der Waals surface area contributed by atoms with E-state index in [9.17, 15) is 0 Å². The molecule has 8 heteroatoms. The number of aromatic nitrogens is 4. The predicted octanol–water partition coefficient (Wildman–Crippen LogP) is 3.16. The summed E-state index contributed by atoms with van der Waals surface area (Å²) in [5, 5.41) is 7.30. The zero-order valence-corrected chi connectivity index (χ0v) is 15.7. The first-order valence-corrected chi connectivity index (χ1v) is 9.73. The Hall–Kier alpha value is -2.84. The van der Waals surface area contributed by atoms with Gasteiger partial charge in [-0.3, -0.25) is 0 Å². The van der Waals surface area contributed by atoms with E-state index in [-0.39, 0.29) is 0 Å². The summed E-state index contributed by atoms with van der Waals surface area (Å²) < 4.78 is 6.55. The van der Waals surface area contributed by atoms with Crippen LogP contribution in [0.2, 0.25) is 0 Å². The zero-order chi connectivity index (χ0) is 18.2. The first-order valence-electron chi connectivity index (χ1n) is 8.85. The lowest BCUT2D eigenvalue weighted by Crippen LogP contribution is -2.44. The van der Waals surface area contributed by atoms with E-state index in [1.807, 2.05) is 29.6 Å². The minimum atomic E-state index is 0.421. The summed E-state index contributed by atoms with van der Waals surface area (Å²) in [7, 11) is 2.14. The fraction of sp³-hybridized carbons (Fsp3) is 0.263. The number of hydrogen-bond donors (Lipinski definition) is 0. The average Bonchev–Trinajstić information content (AvgIpc) is 3.38. The Balaban J connectivity index is 1.46. The normalized spacial score (nSPS) is 15.5. The van der Waals surface area contributed by atoms with Gasteiger partial charge in [-0.1, -0.05) is 11.2 Å². The largest absolute Gasteiger partial charge is 0.354 e. The van der Waals surface area contributed by atoms with Crippen molar-refractivity contribution in [3.63, 3.8) is 0 Å². The van der Waals surface area contributed by atoms with Crippen LogP contribution in [0.1, 0.15) is 0 Å². The molecule has 5 heterocycles. The summed E-state index contributed by atoms with van der Waals surface area (Å²) in [5.41, 5.74) is 1.43. The molecule has 0 amide bonds. The lowest BCUT2D eigenvalue weighted by molar-refractivity contribution is 0.312. The lowest BCUT2D eigenvalue weighted by Gasteiger charge is -2.33. The number of pyridine rings is 2. The van der Waals surface area contributed by atoms with E-state index in [0.29, 0.717) is 17.4 Å². The van der Waals surface area contributed by atoms with Crippen LogP contribution in [-0.2, 0) is 0 Å². The van der Waals surface area contributed by atoms with Crippen molar-refractivity contribution in [2.24, 2.45) is 0 Å². The first-order chi connectivity index (χ1) is 13.3. The highest BCUT2D eigenvalue weighted by Gasteiger charge is 2.19. The van der Waals surface area contributed by atoms with Crippen LogP contribution in [0.3, 0.4) is 0 Å². The van der Waals surface area contributed by atoms with Crippen LogP contribution in [0, 0.1) is 0 Å². The Morgan fingerprint density at radius 1 is 1.04 bits per heavy atom. The van der Waals surface area contributed by atoms with Gasteiger partial charge in [-0.2, -0.15) is 4.98 Å². The molecule has 1 aliphatic rings. The van der Waals surface area contributed by atoms with Gasteiger partial charge in [0, 0.05) is 32.4 Å². The monoisotopic (exact) mass is 378 g/mol. The van der Waals surface area contributed by atoms with Crippen LogP contribution in [-0.4, -0.2) is 58.2 Å². The molecular weight excluding hydrogens is 360 g/mol. The van der Waals surface area contributed by atoms with E-state index in [1.165, 1.54) is 0 Å². The van der Waals surface area contributed by atoms with Crippen molar-refractivity contribution in [2.45, 2.75) is 0 Å². The molecule has 0 atom stereocenters. The zero-order valence-electron chi connectivity index (χ0n) is 14.9. The van der Waals surface area contributed by atoms with Crippen LogP contribution in [0.15, 0.2) is 46.4 Å². The summed E-state index contributed by atoms with van der Waals surface area (Å²) in [5.74, 6) is 1.85. The van der Waals surface area contributed by atoms with Crippen molar-refractivity contribution in [2.75, 3.05) is 38.1 Å². The topological polar surface area (TPSA) is 71.2 Å². The van der Waals surface area contributed by atoms with Gasteiger partial charge in [-0.05, 0) is 42.1 Å². The number of thiophene rings is 1. The van der Waals surface area contributed by atoms with Crippen LogP contribution in [0.4, 0.5) is 5.82 Å². The number of nitrogens with zero attached hydrogens (tertiary/aromatic N) is 6. The fourth-order valence-corrected chi connectivity index (χ4v) is 4.10. The van der Waals surface area contributed by atoms with E-state index in [4.69, 9.17) is 9.51 Å². The number of hydrogen-bond acceptors (Lipinski definition) is 8. The van der Waals surface area contributed by atoms with Crippen molar-refractivity contribution in [1.29, 1.82) is 0 Å². The Morgan fingerprint density at radius 3 is 2.81 bits per heavy atom. The Bertz CT molecular complexity index is 1080. The number of likely N-dealkylation sites (N-methyl/N-ethyl adjacent to an activating group) is 1. The summed E-state index contributed by atoms with van der Waals surface area (Å²) in [6, 6.07) is 9.97. The third-order valence-electron chi connectivity index (χ3n) is 4.79. The molecule has 5 rings (SSSR count). The van der Waals surface area contributed by atoms with Crippen molar-refractivity contribution in [1.82, 2.24) is 25.0 Å². The summed E-state index contributed by atoms with van der Waals surface area (Å²) in [4.78, 5) is 18.4. The van der Waals surface area contributed by atoms with Gasteiger partial charge in [0.1, 0.15) is 17.2 Å². The van der Waals surface area contributed by atoms with Gasteiger partial charge < -0.3 is 14.3 Å². The molecule has 27 heavy (non-hydrogen) atoms. The van der Waals surface area contributed by atoms with E-state index < -0.39 is 0 Å². The smallest absolute Gasteiger partial charge is 0.278 e. The Labute approximate surface area is 160 Å². The molecule has 1 aliphatic heterocycles. The Morgan fingerprint density at radius 2 is 1.93 bits per heavy atom. The molecular formula is C19H18N6OS. The third kappa shape index (κ3) is 3.07. The third-order valence-corrected chi connectivity index (χ3v) is 5.72. The first kappa shape index (κ1) is 16.3. The van der Waals surface area contributed by atoms with E-state index in [2.05, 4.69) is 38.0 Å². The fourth-order valence-electron chi connectivity index (χ4n) is 3.23. The molecule has 0 unspecified atom stereocenters. The summed E-state index contributed by atoms with van der Waals surface area (Å²) >= 11 is 1.62. The average molecular weight is 378 g/mol. The second-order valence-corrected chi connectivity index (χ2v) is 7.51. The minimum Gasteiger partial charge on any atom is -0.354 e. The molecule has 0 radical (unpaired) electrons. The van der Waals surface area contributed by atoms with Gasteiger partial charge in [-0.25, -0.2) is 9.97 Å². The van der Waals surface area contributed by atoms with Crippen LogP contribution in [0.25, 0.3) is 33.2 Å². The van der Waals surface area contributed by atoms with Gasteiger partial charge in [-0.15, -0.1) is 11.3 Å². The number of anilines is 1. The maximum Gasteiger partial charge on any atom is 0.278 e. The molecule has 4 aromatic heterocycles. The maximum absolute atomic E-state index is 5.50. The standard InChI is InChI=1S/C19H18N6OS/c1-24-8-10-25(11-9-24)15-4-2-3-14(21-15)18-22-19(26-23-18)16-17-13(5-7-20-16)6-12-27-17/h2-7,12H,8-11H2,1H3. The highest BCUT2D eigenvalue weighted by Crippen LogP contribution is 2.30. The summed E-state index contributed by atoms with van der Waals surface area (Å²) in [6.07, 6.45) is 1.76. The molecule has 1 fully saturated rings. The molecule has 0 saturated carbocycles. The maximum atomic E-state index is 5.50. The van der Waals surface area contributed by atoms with Gasteiger partial charge in [0.15, 0.2) is 0 Å². The van der Waals surface area contributed by atoms with Crippen molar-refractivity contribution in [3.8, 4) is 23.1 Å². The van der Waals surface area contributed by atoms with E-state index >= 15 is 0 Å². The van der Waals surface area contributed by atoms with Gasteiger partial charge in [0.25, 0.3) is 5.89 Å². The van der Waals surface area contributed by atoms with Gasteiger partial charge in [0.05, 0.1) is 4.70 Å². The van der Waals surface area contributed by atoms with E-state index in [1.54, 1.807) is 17.5 Å². The molecule has 1 saturated heterocycles. The van der Waals surface area contributed by atoms with Crippen molar-refractivity contribution < 1.29 is 4.52 Å². The van der Waals surface area contributed by atoms with Crippen molar-refractivity contribution >= 4 is 27.2 Å². The second kappa shape index (κ2) is 6.71. The highest BCUT2D eigenvalue weighted by molar-refractivity contribution is 7.17. The molecule has 0 spiro atoms. The number of fused-ring (bicyclic) bond motifs is 1. The van der Waals surface area contributed by atoms with Gasteiger partial charge in [0.2, 0.25) is 5.82 Å². The lowest BCUT2D eigenvalue weighted by atomic mass is 10.2. The molecule has 136 valence electrons. The minimum absolute atomic E-state index is 0.421. The highest BCUT2D eigenvalue weighted by atomic mass is 32.1. The molecule has 0 N–H and O–H groups in total. The number of piperazine rings is 1. The number of rotatable bonds is 3. The SMILES string of the molecule is CN1CCN(c2cccc(-c3noc(-c4nccc5ccsc45)n3)n2)CC1. The second-order valence-electron chi connectivity index (χ2n) is 6.59. The molecule has 4 aromatic rings. The Kier molecular flexibility index (Phi) is 4.06. The van der Waals surface area contributed by atoms with Gasteiger partial charge >= 0.3 is 0 Å². The van der Waals surface area contributed by atoms with Crippen LogP contribution in [0.5, 0.6) is 0 Å². The molecule has 7 nitrogen and oxygen atoms in total. The molecule has 0 aliphatic carbocycles. The summed E-state index contributed by atoms with van der Waals surface area (Å²) in [6.45, 7) is 4.01. The van der Waals surface area contributed by atoms with Crippen molar-refractivity contribution in [3.05, 3.63) is 41.9 Å². The quantitative estimate of drug-likeness (QED) is 0.542. The predicted molar refractivity (Wildman–Crippen MR) is 106 cm³/mol. The van der Waals surface area contributed by atoms with Crippen LogP contribution < -0.4 is 4.90 Å². The van der Waals surface area contributed by atoms with E-state index in [0.717, 1.165) is 47.8 Å².